The first-order valence-electron chi connectivity index (χ1n) is 8.88. The zero-order chi connectivity index (χ0) is 19.1. The molecule has 0 saturated carbocycles. The van der Waals surface area contributed by atoms with E-state index in [1.807, 2.05) is 0 Å². The Labute approximate surface area is 151 Å². The Bertz CT molecular complexity index is 592. The van der Waals surface area contributed by atoms with Gasteiger partial charge in [-0.2, -0.15) is 0 Å². The molecule has 3 rings (SSSR count). The SMILES string of the molecule is CC(C)(C)OC(=O)N1CC[C@H](ONC(=O)[C@@H]2CCC3CN2C(=O)N3O)C1. The van der Waals surface area contributed by atoms with E-state index in [-0.39, 0.29) is 12.1 Å². The average Bonchev–Trinajstić information content (AvgIpc) is 3.12. The van der Waals surface area contributed by atoms with Crippen molar-refractivity contribution in [2.45, 2.75) is 63.8 Å². The quantitative estimate of drug-likeness (QED) is 0.559. The molecule has 1 unspecified atom stereocenters. The highest BCUT2D eigenvalue weighted by molar-refractivity contribution is 5.87. The van der Waals surface area contributed by atoms with Crippen molar-refractivity contribution in [1.82, 2.24) is 20.3 Å². The summed E-state index contributed by atoms with van der Waals surface area (Å²) in [4.78, 5) is 44.6. The van der Waals surface area contributed by atoms with Crippen molar-refractivity contribution in [2.75, 3.05) is 19.6 Å². The summed E-state index contributed by atoms with van der Waals surface area (Å²) in [6, 6.07) is -1.45. The lowest BCUT2D eigenvalue weighted by Crippen LogP contribution is -2.50. The van der Waals surface area contributed by atoms with Gasteiger partial charge in [-0.15, -0.1) is 0 Å². The molecule has 0 radical (unpaired) electrons. The Morgan fingerprint density at radius 2 is 1.92 bits per heavy atom. The maximum atomic E-state index is 12.4. The molecule has 3 heterocycles. The van der Waals surface area contributed by atoms with Crippen molar-refractivity contribution in [3.8, 4) is 0 Å². The number of amides is 4. The number of nitrogens with zero attached hydrogens (tertiary/aromatic N) is 3. The molecule has 3 aliphatic rings. The van der Waals surface area contributed by atoms with Gasteiger partial charge in [-0.05, 0) is 40.0 Å². The van der Waals surface area contributed by atoms with Gasteiger partial charge < -0.3 is 14.5 Å². The molecule has 3 atom stereocenters. The number of hydrogen-bond acceptors (Lipinski definition) is 6. The molecule has 2 N–H and O–H groups in total. The zero-order valence-electron chi connectivity index (χ0n) is 15.3. The monoisotopic (exact) mass is 370 g/mol. The summed E-state index contributed by atoms with van der Waals surface area (Å²) in [5.74, 6) is -0.414. The van der Waals surface area contributed by atoms with Crippen LogP contribution in [-0.2, 0) is 14.4 Å². The van der Waals surface area contributed by atoms with Crippen LogP contribution in [0, 0.1) is 0 Å². The molecule has 26 heavy (non-hydrogen) atoms. The van der Waals surface area contributed by atoms with Gasteiger partial charge in [0.25, 0.3) is 5.91 Å². The molecule has 0 aromatic rings. The first kappa shape index (κ1) is 18.7. The number of rotatable bonds is 3. The van der Waals surface area contributed by atoms with Crippen LogP contribution in [0.4, 0.5) is 9.59 Å². The topological polar surface area (TPSA) is 112 Å². The van der Waals surface area contributed by atoms with Gasteiger partial charge in [0.2, 0.25) is 0 Å². The largest absolute Gasteiger partial charge is 0.444 e. The van der Waals surface area contributed by atoms with Crippen LogP contribution in [0.3, 0.4) is 0 Å². The van der Waals surface area contributed by atoms with E-state index in [4.69, 9.17) is 9.57 Å². The Morgan fingerprint density at radius 1 is 1.19 bits per heavy atom. The van der Waals surface area contributed by atoms with Gasteiger partial charge in [0.15, 0.2) is 0 Å². The molecule has 0 aromatic carbocycles. The highest BCUT2D eigenvalue weighted by atomic mass is 16.7. The Morgan fingerprint density at radius 3 is 2.62 bits per heavy atom. The smallest absolute Gasteiger partial charge is 0.410 e. The zero-order valence-corrected chi connectivity index (χ0v) is 15.3. The summed E-state index contributed by atoms with van der Waals surface area (Å²) in [6.45, 7) is 6.56. The molecule has 4 amide bonds. The number of hydrogen-bond donors (Lipinski definition) is 2. The first-order chi connectivity index (χ1) is 12.2. The van der Waals surface area contributed by atoms with Crippen LogP contribution in [0.1, 0.15) is 40.0 Å². The maximum Gasteiger partial charge on any atom is 0.410 e. The lowest BCUT2D eigenvalue weighted by molar-refractivity contribution is -0.143. The molecule has 0 aliphatic carbocycles. The average molecular weight is 370 g/mol. The molecule has 0 aromatic heterocycles. The fraction of sp³-hybridized carbons (Fsp3) is 0.812. The van der Waals surface area contributed by atoms with Crippen LogP contribution < -0.4 is 5.48 Å². The van der Waals surface area contributed by atoms with Gasteiger partial charge in [0.05, 0.1) is 12.6 Å². The predicted octanol–water partition coefficient (Wildman–Crippen LogP) is 0.701. The van der Waals surface area contributed by atoms with Crippen LogP contribution in [0.15, 0.2) is 0 Å². The van der Waals surface area contributed by atoms with E-state index in [2.05, 4.69) is 5.48 Å². The second-order valence-electron chi connectivity index (χ2n) is 7.95. The van der Waals surface area contributed by atoms with Crippen molar-refractivity contribution in [3.63, 3.8) is 0 Å². The minimum atomic E-state index is -0.653. The van der Waals surface area contributed by atoms with E-state index in [9.17, 15) is 19.6 Å². The van der Waals surface area contributed by atoms with Crippen LogP contribution in [0.5, 0.6) is 0 Å². The Balaban J connectivity index is 1.46. The Kier molecular flexibility index (Phi) is 4.98. The van der Waals surface area contributed by atoms with Crippen molar-refractivity contribution < 1.29 is 29.2 Å². The fourth-order valence-corrected chi connectivity index (χ4v) is 3.45. The summed E-state index contributed by atoms with van der Waals surface area (Å²) < 4.78 is 5.32. The number of carbonyl (C=O) groups is 3. The van der Waals surface area contributed by atoms with Crippen molar-refractivity contribution >= 4 is 18.0 Å². The minimum absolute atomic E-state index is 0.246. The molecule has 10 nitrogen and oxygen atoms in total. The first-order valence-corrected chi connectivity index (χ1v) is 8.88. The van der Waals surface area contributed by atoms with Crippen LogP contribution in [-0.4, -0.2) is 81.5 Å². The van der Waals surface area contributed by atoms with E-state index < -0.39 is 29.7 Å². The van der Waals surface area contributed by atoms with E-state index >= 15 is 0 Å². The van der Waals surface area contributed by atoms with Crippen molar-refractivity contribution in [1.29, 1.82) is 0 Å². The highest BCUT2D eigenvalue weighted by Crippen LogP contribution is 2.28. The molecular weight excluding hydrogens is 344 g/mol. The molecule has 3 saturated heterocycles. The van der Waals surface area contributed by atoms with Crippen molar-refractivity contribution in [2.24, 2.45) is 0 Å². The van der Waals surface area contributed by atoms with E-state index in [1.165, 1.54) is 4.90 Å². The summed E-state index contributed by atoms with van der Waals surface area (Å²) in [7, 11) is 0. The van der Waals surface area contributed by atoms with Gasteiger partial charge in [-0.3, -0.25) is 14.8 Å². The molecule has 10 heteroatoms. The van der Waals surface area contributed by atoms with Gasteiger partial charge in [0, 0.05) is 13.1 Å². The van der Waals surface area contributed by atoms with Crippen LogP contribution in [0.2, 0.25) is 0 Å². The number of piperidine rings is 1. The number of hydroxylamine groups is 3. The van der Waals surface area contributed by atoms with E-state index in [0.717, 1.165) is 0 Å². The summed E-state index contributed by atoms with van der Waals surface area (Å²) in [6.07, 6.45) is 0.883. The summed E-state index contributed by atoms with van der Waals surface area (Å²) in [5, 5.41) is 10.4. The molecule has 0 spiro atoms. The number of urea groups is 1. The summed E-state index contributed by atoms with van der Waals surface area (Å²) >= 11 is 0. The lowest BCUT2D eigenvalue weighted by atomic mass is 10.0. The third-order valence-electron chi connectivity index (χ3n) is 4.77. The predicted molar refractivity (Wildman–Crippen MR) is 88.0 cm³/mol. The summed E-state index contributed by atoms with van der Waals surface area (Å²) in [5.41, 5.74) is 1.84. The third kappa shape index (κ3) is 3.85. The van der Waals surface area contributed by atoms with Gasteiger partial charge >= 0.3 is 12.1 Å². The van der Waals surface area contributed by atoms with Gasteiger partial charge in [0.1, 0.15) is 17.7 Å². The number of fused-ring (bicyclic) bond motifs is 2. The third-order valence-corrected chi connectivity index (χ3v) is 4.77. The number of carbonyl (C=O) groups excluding carboxylic acids is 3. The molecular formula is C16H26N4O6. The molecule has 3 fully saturated rings. The van der Waals surface area contributed by atoms with E-state index in [1.54, 1.807) is 25.7 Å². The van der Waals surface area contributed by atoms with Crippen LogP contribution in [0.25, 0.3) is 0 Å². The second kappa shape index (κ2) is 6.92. The normalized spacial score (nSPS) is 28.5. The van der Waals surface area contributed by atoms with Crippen LogP contribution >= 0.6 is 0 Å². The van der Waals surface area contributed by atoms with Crippen molar-refractivity contribution in [3.05, 3.63) is 0 Å². The second-order valence-corrected chi connectivity index (χ2v) is 7.95. The molecule has 146 valence electrons. The molecule has 2 bridgehead atoms. The molecule has 3 aliphatic heterocycles. The standard InChI is InChI=1S/C16H26N4O6/c1-16(2,3)25-15(23)18-7-6-11(9-18)26-17-13(21)12-5-4-10-8-19(12)14(22)20(10)24/h10-12,24H,4-9H2,1-3H3,(H,17,21)/t10?,11-,12-/m0/s1. The maximum absolute atomic E-state index is 12.4. The highest BCUT2D eigenvalue weighted by Gasteiger charge is 2.47. The minimum Gasteiger partial charge on any atom is -0.444 e. The number of nitrogens with one attached hydrogen (secondary N) is 1. The van der Waals surface area contributed by atoms with Gasteiger partial charge in [-0.1, -0.05) is 0 Å². The van der Waals surface area contributed by atoms with Gasteiger partial charge in [-0.25, -0.2) is 20.1 Å². The fourth-order valence-electron chi connectivity index (χ4n) is 3.45. The van der Waals surface area contributed by atoms with E-state index in [0.29, 0.717) is 44.0 Å². The number of ether oxygens (including phenoxy) is 1. The Hall–Kier alpha value is -2.07. The number of likely N-dealkylation sites (tertiary alicyclic amines) is 1. The lowest BCUT2D eigenvalue weighted by Gasteiger charge is -2.29.